The van der Waals surface area contributed by atoms with Crippen LogP contribution in [0, 0.1) is 0 Å². The maximum atomic E-state index is 11.7. The van der Waals surface area contributed by atoms with Crippen LogP contribution in [0.5, 0.6) is 0 Å². The van der Waals surface area contributed by atoms with Crippen molar-refractivity contribution in [2.24, 2.45) is 0 Å². The Bertz CT molecular complexity index is 434. The highest BCUT2D eigenvalue weighted by atomic mass is 16.1. The second-order valence-electron chi connectivity index (χ2n) is 4.18. The van der Waals surface area contributed by atoms with E-state index in [0.717, 1.165) is 18.8 Å². The number of rotatable bonds is 4. The molecule has 0 amide bonds. The molecule has 1 saturated heterocycles. The zero-order valence-electron chi connectivity index (χ0n) is 9.91. The Morgan fingerprint density at radius 1 is 1.47 bits per heavy atom. The van der Waals surface area contributed by atoms with Gasteiger partial charge < -0.3 is 10.2 Å². The SMILES string of the molecule is C=CCNc1c(N2CCCCC2)cn[nH]c1=O. The summed E-state index contributed by atoms with van der Waals surface area (Å²) in [7, 11) is 0. The first-order valence-corrected chi connectivity index (χ1v) is 6.00. The van der Waals surface area contributed by atoms with E-state index in [1.807, 2.05) is 0 Å². The van der Waals surface area contributed by atoms with Crippen molar-refractivity contribution in [3.63, 3.8) is 0 Å². The van der Waals surface area contributed by atoms with Crippen LogP contribution in [0.2, 0.25) is 0 Å². The monoisotopic (exact) mass is 234 g/mol. The Hall–Kier alpha value is -1.78. The maximum absolute atomic E-state index is 11.7. The van der Waals surface area contributed by atoms with E-state index in [1.54, 1.807) is 12.3 Å². The first kappa shape index (κ1) is 11.7. The molecule has 1 aliphatic rings. The third kappa shape index (κ3) is 2.67. The van der Waals surface area contributed by atoms with E-state index in [1.165, 1.54) is 19.3 Å². The lowest BCUT2D eigenvalue weighted by atomic mass is 10.1. The first-order valence-electron chi connectivity index (χ1n) is 6.00. The van der Waals surface area contributed by atoms with Crippen LogP contribution in [0.25, 0.3) is 0 Å². The number of nitrogens with one attached hydrogen (secondary N) is 2. The summed E-state index contributed by atoms with van der Waals surface area (Å²) in [6.07, 6.45) is 7.07. The first-order chi connectivity index (χ1) is 8.33. The van der Waals surface area contributed by atoms with Crippen LogP contribution in [0.15, 0.2) is 23.6 Å². The molecule has 2 N–H and O–H groups in total. The Labute approximate surface area is 101 Å². The lowest BCUT2D eigenvalue weighted by molar-refractivity contribution is 0.577. The van der Waals surface area contributed by atoms with Gasteiger partial charge in [0.25, 0.3) is 5.56 Å². The molecule has 5 heteroatoms. The quantitative estimate of drug-likeness (QED) is 0.772. The van der Waals surface area contributed by atoms with E-state index in [2.05, 4.69) is 27.0 Å². The Morgan fingerprint density at radius 3 is 2.94 bits per heavy atom. The van der Waals surface area contributed by atoms with E-state index >= 15 is 0 Å². The normalized spacial score (nSPS) is 15.6. The van der Waals surface area contributed by atoms with Crippen LogP contribution in [-0.2, 0) is 0 Å². The Morgan fingerprint density at radius 2 is 2.24 bits per heavy atom. The van der Waals surface area contributed by atoms with E-state index < -0.39 is 0 Å². The molecular formula is C12H18N4O. The molecule has 1 fully saturated rings. The fourth-order valence-electron chi connectivity index (χ4n) is 2.11. The van der Waals surface area contributed by atoms with E-state index in [-0.39, 0.29) is 5.56 Å². The van der Waals surface area contributed by atoms with Crippen molar-refractivity contribution in [2.45, 2.75) is 19.3 Å². The van der Waals surface area contributed by atoms with Crippen molar-refractivity contribution in [1.29, 1.82) is 0 Å². The van der Waals surface area contributed by atoms with Gasteiger partial charge in [0.05, 0.1) is 11.9 Å². The summed E-state index contributed by atoms with van der Waals surface area (Å²) in [5.41, 5.74) is 1.33. The Kier molecular flexibility index (Phi) is 3.80. The number of hydrogen-bond donors (Lipinski definition) is 2. The number of hydrogen-bond acceptors (Lipinski definition) is 4. The molecule has 1 aromatic rings. The number of piperidine rings is 1. The van der Waals surface area contributed by atoms with Gasteiger partial charge in [0.2, 0.25) is 0 Å². The van der Waals surface area contributed by atoms with Gasteiger partial charge in [-0.2, -0.15) is 5.10 Å². The molecule has 5 nitrogen and oxygen atoms in total. The van der Waals surface area contributed by atoms with E-state index in [0.29, 0.717) is 12.2 Å². The van der Waals surface area contributed by atoms with Gasteiger partial charge in [0.1, 0.15) is 5.69 Å². The van der Waals surface area contributed by atoms with Crippen molar-refractivity contribution in [2.75, 3.05) is 29.9 Å². The molecule has 92 valence electrons. The summed E-state index contributed by atoms with van der Waals surface area (Å²) in [5, 5.41) is 9.43. The van der Waals surface area contributed by atoms with Gasteiger partial charge in [-0.05, 0) is 19.3 Å². The van der Waals surface area contributed by atoms with Crippen LogP contribution in [0.1, 0.15) is 19.3 Å². The maximum Gasteiger partial charge on any atom is 0.289 e. The van der Waals surface area contributed by atoms with Gasteiger partial charge in [0.15, 0.2) is 0 Å². The van der Waals surface area contributed by atoms with Crippen molar-refractivity contribution >= 4 is 11.4 Å². The number of aromatic nitrogens is 2. The second-order valence-corrected chi connectivity index (χ2v) is 4.18. The van der Waals surface area contributed by atoms with Gasteiger partial charge in [-0.1, -0.05) is 6.08 Å². The van der Waals surface area contributed by atoms with Crippen LogP contribution in [-0.4, -0.2) is 29.8 Å². The summed E-state index contributed by atoms with van der Waals surface area (Å²) in [6.45, 7) is 6.21. The zero-order valence-corrected chi connectivity index (χ0v) is 9.91. The summed E-state index contributed by atoms with van der Waals surface area (Å²) in [6, 6.07) is 0. The molecule has 0 aliphatic carbocycles. The van der Waals surface area contributed by atoms with Crippen LogP contribution >= 0.6 is 0 Å². The Balaban J connectivity index is 2.27. The van der Waals surface area contributed by atoms with E-state index in [9.17, 15) is 4.79 Å². The van der Waals surface area contributed by atoms with Gasteiger partial charge in [-0.15, -0.1) is 6.58 Å². The summed E-state index contributed by atoms with van der Waals surface area (Å²) in [4.78, 5) is 14.0. The number of anilines is 2. The average molecular weight is 234 g/mol. The minimum Gasteiger partial charge on any atom is -0.375 e. The highest BCUT2D eigenvalue weighted by Crippen LogP contribution is 2.23. The van der Waals surface area contributed by atoms with Crippen LogP contribution in [0.3, 0.4) is 0 Å². The molecule has 0 radical (unpaired) electrons. The third-order valence-corrected chi connectivity index (χ3v) is 2.96. The lowest BCUT2D eigenvalue weighted by Crippen LogP contribution is -2.32. The number of nitrogens with zero attached hydrogens (tertiary/aromatic N) is 2. The molecule has 0 saturated carbocycles. The number of H-pyrrole nitrogens is 1. The molecule has 0 bridgehead atoms. The molecule has 1 aliphatic heterocycles. The average Bonchev–Trinajstić information content (AvgIpc) is 2.38. The smallest absolute Gasteiger partial charge is 0.289 e. The highest BCUT2D eigenvalue weighted by molar-refractivity contribution is 5.68. The predicted molar refractivity (Wildman–Crippen MR) is 69.6 cm³/mol. The predicted octanol–water partition coefficient (Wildman–Crippen LogP) is 1.36. The number of aromatic amines is 1. The highest BCUT2D eigenvalue weighted by Gasteiger charge is 2.16. The molecule has 0 unspecified atom stereocenters. The van der Waals surface area contributed by atoms with Crippen molar-refractivity contribution in [3.05, 3.63) is 29.2 Å². The molecule has 0 spiro atoms. The molecular weight excluding hydrogens is 216 g/mol. The van der Waals surface area contributed by atoms with Gasteiger partial charge in [-0.25, -0.2) is 5.10 Å². The standard InChI is InChI=1S/C12H18N4O/c1-2-6-13-11-10(9-14-15-12(11)17)16-7-4-3-5-8-16/h2,9H,1,3-8H2,(H,13,14)(H,15,17). The van der Waals surface area contributed by atoms with Gasteiger partial charge in [0, 0.05) is 19.6 Å². The molecule has 2 heterocycles. The molecule has 2 rings (SSSR count). The fourth-order valence-corrected chi connectivity index (χ4v) is 2.11. The molecule has 17 heavy (non-hydrogen) atoms. The topological polar surface area (TPSA) is 61.0 Å². The fraction of sp³-hybridized carbons (Fsp3) is 0.500. The molecule has 1 aromatic heterocycles. The summed E-state index contributed by atoms with van der Waals surface area (Å²) < 4.78 is 0. The molecule has 0 aromatic carbocycles. The summed E-state index contributed by atoms with van der Waals surface area (Å²) in [5.74, 6) is 0. The van der Waals surface area contributed by atoms with Gasteiger partial charge in [-0.3, -0.25) is 4.79 Å². The minimum atomic E-state index is -0.171. The largest absolute Gasteiger partial charge is 0.375 e. The summed E-state index contributed by atoms with van der Waals surface area (Å²) >= 11 is 0. The molecule has 0 atom stereocenters. The van der Waals surface area contributed by atoms with Crippen molar-refractivity contribution in [3.8, 4) is 0 Å². The van der Waals surface area contributed by atoms with E-state index in [4.69, 9.17) is 0 Å². The van der Waals surface area contributed by atoms with Crippen molar-refractivity contribution in [1.82, 2.24) is 10.2 Å². The zero-order chi connectivity index (χ0) is 12.1. The van der Waals surface area contributed by atoms with Crippen LogP contribution < -0.4 is 15.8 Å². The second kappa shape index (κ2) is 5.52. The third-order valence-electron chi connectivity index (χ3n) is 2.96. The lowest BCUT2D eigenvalue weighted by Gasteiger charge is -2.29. The van der Waals surface area contributed by atoms with Crippen LogP contribution in [0.4, 0.5) is 11.4 Å². The van der Waals surface area contributed by atoms with Gasteiger partial charge >= 0.3 is 0 Å². The minimum absolute atomic E-state index is 0.171. The van der Waals surface area contributed by atoms with Crippen molar-refractivity contribution < 1.29 is 0 Å².